The van der Waals surface area contributed by atoms with E-state index in [0.29, 0.717) is 0 Å². The van der Waals surface area contributed by atoms with Crippen LogP contribution in [0, 0.1) is 0 Å². The summed E-state index contributed by atoms with van der Waals surface area (Å²) >= 11 is 0. The summed E-state index contributed by atoms with van der Waals surface area (Å²) in [6, 6.07) is -5.13. The molecule has 0 bridgehead atoms. The Morgan fingerprint density at radius 3 is 1.45 bits per heavy atom. The number of carbonyl (C=O) groups is 3. The van der Waals surface area contributed by atoms with E-state index in [1.54, 1.807) is 0 Å². The summed E-state index contributed by atoms with van der Waals surface area (Å²) in [5.41, 5.74) is 0. The summed E-state index contributed by atoms with van der Waals surface area (Å²) < 4.78 is 80.5. The molecule has 69 heavy (non-hydrogen) atoms. The standard InChI is InChI=1S/C36H63N3O29S/c1-10(44)37-13(4-40)30(66-34-20(39-12(3)46)25(52)32(17(7-43)64-34)67-35-28(55)26(53)22(49)15(5-41)62-35)21(48)14(47)8-60-33-19(38-11(2)45)24(51)31(16(6-42)63-33)68-36-29(56)27(54)23(50)18(65-36)9-61-69(57,58)59/h13-36,40-43,47-56H,4-9H2,1-3H3,(H,37,44)(H,38,45)(H,39,46)(H,57,58,59)/t13-,14+,15+,16+,17+,18+,19+,20+,21-,22-,23-,24+,25+,26-,27-,28+,29+,30+,31+,32+,33+,34-,35-,36-/m0/s1. The van der Waals surface area contributed by atoms with E-state index in [-0.39, 0.29) is 0 Å². The number of rotatable bonds is 22. The SMILES string of the molecule is CC(=O)N[C@H]1[C@H](OC[C@@H](O)[C@H](O)[C@H](O[C@@H]2O[C@H](CO)[C@@H](O[C@@H]3O[C@H](CO)[C@H](O)[C@H](O)[C@H]3O)[C@H](O)[C@H]2NC(C)=O)[C@H](CO)NC(C)=O)O[C@H](CO)[C@@H](O[C@@H]2O[C@H](COS(=O)(=O)O)[C@H](O)[C@H](O)[C@H]2O)[C@@H]1O. The molecule has 0 unspecified atom stereocenters. The van der Waals surface area contributed by atoms with Crippen LogP contribution < -0.4 is 16.0 Å². The fourth-order valence-corrected chi connectivity index (χ4v) is 8.19. The predicted octanol–water partition coefficient (Wildman–Crippen LogP) is -12.0. The normalized spacial score (nSPS) is 40.5. The van der Waals surface area contributed by atoms with Crippen LogP contribution in [0.15, 0.2) is 0 Å². The molecule has 4 heterocycles. The Morgan fingerprint density at radius 2 is 1.01 bits per heavy atom. The Morgan fingerprint density at radius 1 is 0.580 bits per heavy atom. The highest BCUT2D eigenvalue weighted by Gasteiger charge is 2.54. The molecule has 33 heteroatoms. The van der Waals surface area contributed by atoms with Crippen LogP contribution in [0.2, 0.25) is 0 Å². The molecule has 32 nitrogen and oxygen atoms in total. The van der Waals surface area contributed by atoms with Crippen LogP contribution in [-0.4, -0.2) is 289 Å². The first-order valence-corrected chi connectivity index (χ1v) is 22.5. The minimum atomic E-state index is -5.09. The summed E-state index contributed by atoms with van der Waals surface area (Å²) in [6.07, 6.45) is -40.4. The van der Waals surface area contributed by atoms with E-state index in [1.807, 2.05) is 0 Å². The Hall–Kier alpha value is -2.60. The van der Waals surface area contributed by atoms with Crippen LogP contribution in [0.25, 0.3) is 0 Å². The van der Waals surface area contributed by atoms with Gasteiger partial charge in [0.2, 0.25) is 17.7 Å². The molecular formula is C36H63N3O29S. The van der Waals surface area contributed by atoms with Gasteiger partial charge in [-0.25, -0.2) is 4.18 Å². The number of aliphatic hydroxyl groups excluding tert-OH is 14. The summed E-state index contributed by atoms with van der Waals surface area (Å²) in [7, 11) is -5.09. The number of amides is 3. The molecule has 0 aliphatic carbocycles. The monoisotopic (exact) mass is 1030 g/mol. The second-order valence-corrected chi connectivity index (χ2v) is 17.6. The van der Waals surface area contributed by atoms with Crippen molar-refractivity contribution >= 4 is 28.1 Å². The minimum Gasteiger partial charge on any atom is -0.394 e. The largest absolute Gasteiger partial charge is 0.397 e. The maximum absolute atomic E-state index is 12.4. The molecule has 4 saturated heterocycles. The molecular weight excluding hydrogens is 970 g/mol. The zero-order valence-electron chi connectivity index (χ0n) is 36.9. The Labute approximate surface area is 392 Å². The van der Waals surface area contributed by atoms with Crippen molar-refractivity contribution in [3.8, 4) is 0 Å². The Balaban J connectivity index is 1.56. The topological polar surface area (TPSA) is 508 Å². The maximum atomic E-state index is 12.4. The molecule has 0 radical (unpaired) electrons. The van der Waals surface area contributed by atoms with E-state index < -0.39 is 215 Å². The molecule has 0 aromatic heterocycles. The lowest BCUT2D eigenvalue weighted by atomic mass is 9.94. The van der Waals surface area contributed by atoms with Gasteiger partial charge in [0.25, 0.3) is 0 Å². The molecule has 0 aromatic rings. The summed E-state index contributed by atoms with van der Waals surface area (Å²) in [4.78, 5) is 37.0. The van der Waals surface area contributed by atoms with Crippen molar-refractivity contribution in [2.45, 2.75) is 168 Å². The van der Waals surface area contributed by atoms with E-state index in [4.69, 9.17) is 42.4 Å². The Bertz CT molecular complexity index is 1760. The Kier molecular flexibility index (Phi) is 22.1. The molecule has 24 atom stereocenters. The van der Waals surface area contributed by atoms with Crippen molar-refractivity contribution < 1.29 is 141 Å². The van der Waals surface area contributed by atoms with Gasteiger partial charge in [-0.3, -0.25) is 18.9 Å². The van der Waals surface area contributed by atoms with E-state index in [2.05, 4.69) is 20.1 Å². The summed E-state index contributed by atoms with van der Waals surface area (Å²) in [5.74, 6) is -2.51. The van der Waals surface area contributed by atoms with Gasteiger partial charge in [0.1, 0.15) is 116 Å². The number of hydrogen-bond donors (Lipinski definition) is 18. The minimum absolute atomic E-state index is 0.821. The van der Waals surface area contributed by atoms with Gasteiger partial charge >= 0.3 is 10.4 Å². The molecule has 0 saturated carbocycles. The highest BCUT2D eigenvalue weighted by Crippen LogP contribution is 2.33. The van der Waals surface area contributed by atoms with Crippen molar-refractivity contribution in [3.63, 3.8) is 0 Å². The smallest absolute Gasteiger partial charge is 0.394 e. The first-order chi connectivity index (χ1) is 32.3. The molecule has 4 rings (SSSR count). The van der Waals surface area contributed by atoms with Gasteiger partial charge in [-0.05, 0) is 0 Å². The average molecular weight is 1030 g/mol. The lowest BCUT2D eigenvalue weighted by molar-refractivity contribution is -0.354. The van der Waals surface area contributed by atoms with Crippen LogP contribution >= 0.6 is 0 Å². The molecule has 0 spiro atoms. The van der Waals surface area contributed by atoms with E-state index in [1.165, 1.54) is 0 Å². The third-order valence-corrected chi connectivity index (χ3v) is 11.8. The fourth-order valence-electron chi connectivity index (χ4n) is 7.89. The lowest BCUT2D eigenvalue weighted by Gasteiger charge is -2.48. The van der Waals surface area contributed by atoms with Crippen LogP contribution in [-0.2, 0) is 66.9 Å². The van der Waals surface area contributed by atoms with E-state index >= 15 is 0 Å². The van der Waals surface area contributed by atoms with Crippen molar-refractivity contribution in [2.75, 3.05) is 39.6 Å². The molecule has 4 aliphatic rings. The third kappa shape index (κ3) is 15.0. The predicted molar refractivity (Wildman–Crippen MR) is 214 cm³/mol. The molecule has 0 aromatic carbocycles. The first-order valence-electron chi connectivity index (χ1n) is 21.2. The molecule has 4 aliphatic heterocycles. The van der Waals surface area contributed by atoms with Crippen LogP contribution in [0.5, 0.6) is 0 Å². The van der Waals surface area contributed by atoms with Gasteiger partial charge in [-0.15, -0.1) is 0 Å². The molecule has 402 valence electrons. The number of hydrogen-bond acceptors (Lipinski definition) is 28. The molecule has 4 fully saturated rings. The van der Waals surface area contributed by atoms with Gasteiger partial charge in [-0.1, -0.05) is 0 Å². The van der Waals surface area contributed by atoms with E-state index in [0.717, 1.165) is 20.8 Å². The van der Waals surface area contributed by atoms with Crippen LogP contribution in [0.4, 0.5) is 0 Å². The second-order valence-electron chi connectivity index (χ2n) is 16.5. The van der Waals surface area contributed by atoms with Crippen molar-refractivity contribution in [1.82, 2.24) is 16.0 Å². The van der Waals surface area contributed by atoms with Crippen molar-refractivity contribution in [2.24, 2.45) is 0 Å². The zero-order chi connectivity index (χ0) is 51.8. The number of ether oxygens (including phenoxy) is 8. The van der Waals surface area contributed by atoms with E-state index in [9.17, 15) is 94.3 Å². The van der Waals surface area contributed by atoms with Gasteiger partial charge in [-0.2, -0.15) is 8.42 Å². The van der Waals surface area contributed by atoms with Crippen molar-refractivity contribution in [1.29, 1.82) is 0 Å². The molecule has 18 N–H and O–H groups in total. The third-order valence-electron chi connectivity index (χ3n) is 11.4. The quantitative estimate of drug-likeness (QED) is 0.0448. The maximum Gasteiger partial charge on any atom is 0.397 e. The highest BCUT2D eigenvalue weighted by molar-refractivity contribution is 7.80. The van der Waals surface area contributed by atoms with Gasteiger partial charge in [0.05, 0.1) is 45.7 Å². The fraction of sp³-hybridized carbons (Fsp3) is 0.917. The number of nitrogens with one attached hydrogen (secondary N) is 3. The summed E-state index contributed by atoms with van der Waals surface area (Å²) in [6.45, 7) is -3.10. The van der Waals surface area contributed by atoms with Crippen LogP contribution in [0.3, 0.4) is 0 Å². The lowest BCUT2D eigenvalue weighted by Crippen LogP contribution is -2.69. The van der Waals surface area contributed by atoms with Crippen LogP contribution in [0.1, 0.15) is 20.8 Å². The number of aliphatic hydroxyl groups is 14. The van der Waals surface area contributed by atoms with Gasteiger partial charge in [0.15, 0.2) is 25.2 Å². The zero-order valence-corrected chi connectivity index (χ0v) is 37.7. The molecule has 3 amide bonds. The second kappa shape index (κ2) is 25.9. The van der Waals surface area contributed by atoms with Gasteiger partial charge in [0, 0.05) is 20.8 Å². The van der Waals surface area contributed by atoms with Gasteiger partial charge < -0.3 is 125 Å². The number of carbonyl (C=O) groups excluding carboxylic acids is 3. The first kappa shape index (κ1) is 59.0. The summed E-state index contributed by atoms with van der Waals surface area (Å²) in [5, 5.41) is 156. The average Bonchev–Trinajstić information content (AvgIpc) is 3.28. The highest BCUT2D eigenvalue weighted by atomic mass is 32.3. The van der Waals surface area contributed by atoms with Crippen molar-refractivity contribution in [3.05, 3.63) is 0 Å².